The van der Waals surface area contributed by atoms with E-state index in [1.807, 2.05) is 6.92 Å². The van der Waals surface area contributed by atoms with Crippen LogP contribution >= 0.6 is 0 Å². The number of rotatable bonds is 2. The molecule has 2 saturated heterocycles. The van der Waals surface area contributed by atoms with Crippen molar-refractivity contribution in [2.75, 3.05) is 25.5 Å². The summed E-state index contributed by atoms with van der Waals surface area (Å²) < 4.78 is 38.6. The monoisotopic (exact) mass is 411 g/mol. The molecule has 3 amide bonds. The zero-order chi connectivity index (χ0) is 21.4. The number of amides is 3. The number of carbonyl (C=O) groups is 2. The summed E-state index contributed by atoms with van der Waals surface area (Å²) in [6.07, 6.45) is -2.79. The minimum absolute atomic E-state index is 0.0225. The summed E-state index contributed by atoms with van der Waals surface area (Å²) >= 11 is 0. The highest BCUT2D eigenvalue weighted by Gasteiger charge is 2.44. The largest absolute Gasteiger partial charge is 0.416 e. The number of hydrogen-bond acceptors (Lipinski definition) is 3. The van der Waals surface area contributed by atoms with Crippen LogP contribution in [0.1, 0.15) is 31.7 Å². The molecule has 2 atom stereocenters. The van der Waals surface area contributed by atoms with Gasteiger partial charge in [0.15, 0.2) is 5.96 Å². The van der Waals surface area contributed by atoms with E-state index in [-0.39, 0.29) is 29.9 Å². The van der Waals surface area contributed by atoms with Gasteiger partial charge in [0.2, 0.25) is 5.91 Å². The molecule has 2 heterocycles. The molecule has 158 valence electrons. The van der Waals surface area contributed by atoms with Gasteiger partial charge in [0.1, 0.15) is 0 Å². The van der Waals surface area contributed by atoms with Crippen LogP contribution in [0.25, 0.3) is 0 Å². The van der Waals surface area contributed by atoms with Crippen LogP contribution in [0.15, 0.2) is 24.3 Å². The molecule has 0 spiro atoms. The van der Waals surface area contributed by atoms with E-state index >= 15 is 0 Å². The van der Waals surface area contributed by atoms with Gasteiger partial charge in [-0.1, -0.05) is 6.07 Å². The van der Waals surface area contributed by atoms with Crippen LogP contribution < -0.4 is 10.6 Å². The van der Waals surface area contributed by atoms with Crippen LogP contribution in [0.3, 0.4) is 0 Å². The van der Waals surface area contributed by atoms with Crippen molar-refractivity contribution < 1.29 is 22.8 Å². The van der Waals surface area contributed by atoms with Crippen molar-refractivity contribution in [1.29, 1.82) is 5.41 Å². The van der Waals surface area contributed by atoms with Gasteiger partial charge in [-0.15, -0.1) is 0 Å². The first-order chi connectivity index (χ1) is 13.5. The Kier molecular flexibility index (Phi) is 5.46. The predicted octanol–water partition coefficient (Wildman–Crippen LogP) is 3.09. The zero-order valence-corrected chi connectivity index (χ0v) is 16.3. The van der Waals surface area contributed by atoms with Crippen molar-refractivity contribution in [3.63, 3.8) is 0 Å². The fraction of sp³-hybridized carbons (Fsp3) is 0.526. The number of urea groups is 1. The van der Waals surface area contributed by atoms with Gasteiger partial charge in [-0.2, -0.15) is 13.2 Å². The lowest BCUT2D eigenvalue weighted by atomic mass is 9.76. The summed E-state index contributed by atoms with van der Waals surface area (Å²) in [5.41, 5.74) is -1.41. The van der Waals surface area contributed by atoms with Gasteiger partial charge in [-0.05, 0) is 43.9 Å². The van der Waals surface area contributed by atoms with E-state index in [1.54, 1.807) is 4.90 Å². The fourth-order valence-electron chi connectivity index (χ4n) is 3.86. The van der Waals surface area contributed by atoms with E-state index in [1.165, 1.54) is 24.1 Å². The Labute approximate surface area is 166 Å². The minimum atomic E-state index is -4.48. The van der Waals surface area contributed by atoms with Crippen LogP contribution in [0.2, 0.25) is 0 Å². The van der Waals surface area contributed by atoms with E-state index in [0.29, 0.717) is 19.5 Å². The number of nitrogens with one attached hydrogen (secondary N) is 3. The first-order valence-corrected chi connectivity index (χ1v) is 9.36. The quantitative estimate of drug-likeness (QED) is 0.699. The number of piperidine rings is 1. The summed E-state index contributed by atoms with van der Waals surface area (Å²) in [6, 6.07) is 4.03. The second kappa shape index (κ2) is 7.57. The second-order valence-electron chi connectivity index (χ2n) is 7.81. The third kappa shape index (κ3) is 4.46. The lowest BCUT2D eigenvalue weighted by Crippen LogP contribution is -2.65. The number of guanidine groups is 1. The van der Waals surface area contributed by atoms with Crippen molar-refractivity contribution in [2.24, 2.45) is 5.92 Å². The van der Waals surface area contributed by atoms with Gasteiger partial charge in [0.05, 0.1) is 17.5 Å². The standard InChI is InChI=1S/C19H24F3N5O2/c1-18(10-15(28)26(2)16(23)25-18)13-6-4-8-27(11-13)17(29)24-14-7-3-5-12(9-14)19(20,21)22/h3,5,7,9,13H,4,6,8,10-11H2,1-2H3,(H2,23,25)(H,24,29)/t13?,18-/m0/s1. The molecular weight excluding hydrogens is 387 g/mol. The van der Waals surface area contributed by atoms with E-state index in [4.69, 9.17) is 5.41 Å². The van der Waals surface area contributed by atoms with Crippen molar-refractivity contribution in [1.82, 2.24) is 15.1 Å². The average molecular weight is 411 g/mol. The Morgan fingerprint density at radius 1 is 1.38 bits per heavy atom. The highest BCUT2D eigenvalue weighted by molar-refractivity contribution is 5.98. The predicted molar refractivity (Wildman–Crippen MR) is 101 cm³/mol. The topological polar surface area (TPSA) is 88.5 Å². The molecular formula is C19H24F3N5O2. The molecule has 0 saturated carbocycles. The summed E-state index contributed by atoms with van der Waals surface area (Å²) in [6.45, 7) is 2.69. The number of anilines is 1. The molecule has 0 radical (unpaired) electrons. The average Bonchev–Trinajstić information content (AvgIpc) is 2.66. The number of alkyl halides is 3. The lowest BCUT2D eigenvalue weighted by molar-refractivity contribution is -0.137. The Balaban J connectivity index is 1.69. The van der Waals surface area contributed by atoms with Crippen molar-refractivity contribution in [3.05, 3.63) is 29.8 Å². The summed E-state index contributed by atoms with van der Waals surface area (Å²) in [5.74, 6) is -0.211. The van der Waals surface area contributed by atoms with Crippen LogP contribution in [-0.2, 0) is 11.0 Å². The molecule has 2 aliphatic heterocycles. The molecule has 1 aromatic carbocycles. The molecule has 0 aromatic heterocycles. The van der Waals surface area contributed by atoms with Crippen molar-refractivity contribution in [2.45, 2.75) is 37.9 Å². The molecule has 2 aliphatic rings. The maximum Gasteiger partial charge on any atom is 0.416 e. The van der Waals surface area contributed by atoms with Gasteiger partial charge in [0.25, 0.3) is 0 Å². The Bertz CT molecular complexity index is 808. The van der Waals surface area contributed by atoms with Crippen LogP contribution in [0, 0.1) is 11.3 Å². The second-order valence-corrected chi connectivity index (χ2v) is 7.81. The summed E-state index contributed by atoms with van der Waals surface area (Å²) in [4.78, 5) is 27.6. The molecule has 0 aliphatic carbocycles. The van der Waals surface area contributed by atoms with Crippen LogP contribution in [-0.4, -0.2) is 53.4 Å². The van der Waals surface area contributed by atoms with Gasteiger partial charge in [-0.25, -0.2) is 4.79 Å². The molecule has 0 bridgehead atoms. The number of carbonyl (C=O) groups excluding carboxylic acids is 2. The van der Waals surface area contributed by atoms with E-state index in [0.717, 1.165) is 18.6 Å². The minimum Gasteiger partial charge on any atom is -0.350 e. The van der Waals surface area contributed by atoms with Gasteiger partial charge < -0.3 is 15.5 Å². The zero-order valence-electron chi connectivity index (χ0n) is 16.3. The number of benzene rings is 1. The highest BCUT2D eigenvalue weighted by atomic mass is 19.4. The lowest BCUT2D eigenvalue weighted by Gasteiger charge is -2.47. The molecule has 10 heteroatoms. The first kappa shape index (κ1) is 20.9. The van der Waals surface area contributed by atoms with E-state index < -0.39 is 23.3 Å². The number of hydrogen-bond donors (Lipinski definition) is 3. The fourth-order valence-corrected chi connectivity index (χ4v) is 3.86. The van der Waals surface area contributed by atoms with Crippen LogP contribution in [0.5, 0.6) is 0 Å². The Morgan fingerprint density at radius 2 is 2.10 bits per heavy atom. The summed E-state index contributed by atoms with van der Waals surface area (Å²) in [7, 11) is 1.53. The first-order valence-electron chi connectivity index (χ1n) is 9.36. The number of nitrogens with zero attached hydrogens (tertiary/aromatic N) is 2. The number of halogens is 3. The maximum atomic E-state index is 12.9. The summed E-state index contributed by atoms with van der Waals surface area (Å²) in [5, 5.41) is 13.6. The molecule has 2 fully saturated rings. The molecule has 3 rings (SSSR count). The smallest absolute Gasteiger partial charge is 0.350 e. The molecule has 7 nitrogen and oxygen atoms in total. The number of likely N-dealkylation sites (tertiary alicyclic amines) is 1. The van der Waals surface area contributed by atoms with Crippen molar-refractivity contribution in [3.8, 4) is 0 Å². The van der Waals surface area contributed by atoms with E-state index in [9.17, 15) is 22.8 Å². The molecule has 3 N–H and O–H groups in total. The SMILES string of the molecule is CN1C(=N)N[C@](C)(C2CCCN(C(=O)Nc3cccc(C(F)(F)F)c3)C2)CC1=O. The van der Waals surface area contributed by atoms with Gasteiger partial charge in [-0.3, -0.25) is 15.1 Å². The molecule has 29 heavy (non-hydrogen) atoms. The molecule has 1 aromatic rings. The van der Waals surface area contributed by atoms with Crippen LogP contribution in [0.4, 0.5) is 23.7 Å². The Morgan fingerprint density at radius 3 is 2.76 bits per heavy atom. The molecule has 1 unspecified atom stereocenters. The third-order valence-electron chi connectivity index (χ3n) is 5.68. The van der Waals surface area contributed by atoms with Gasteiger partial charge in [0, 0.05) is 25.8 Å². The highest BCUT2D eigenvalue weighted by Crippen LogP contribution is 2.33. The van der Waals surface area contributed by atoms with E-state index in [2.05, 4.69) is 10.6 Å². The third-order valence-corrected chi connectivity index (χ3v) is 5.68. The normalized spacial score (nSPS) is 25.6. The Hall–Kier alpha value is -2.78. The van der Waals surface area contributed by atoms with Crippen molar-refractivity contribution >= 4 is 23.6 Å². The maximum absolute atomic E-state index is 12.9. The van der Waals surface area contributed by atoms with Gasteiger partial charge >= 0.3 is 12.2 Å².